The highest BCUT2D eigenvalue weighted by molar-refractivity contribution is 5.32. The molecule has 0 saturated heterocycles. The summed E-state index contributed by atoms with van der Waals surface area (Å²) in [5.74, 6) is 0. The Hall–Kier alpha value is -0.900. The lowest BCUT2D eigenvalue weighted by atomic mass is 10.0. The lowest BCUT2D eigenvalue weighted by molar-refractivity contribution is 0.0956. The van der Waals surface area contributed by atoms with Gasteiger partial charge in [-0.15, -0.1) is 0 Å². The molecule has 0 aromatic heterocycles. The second kappa shape index (κ2) is 3.35. The van der Waals surface area contributed by atoms with E-state index in [1.807, 2.05) is 24.3 Å². The van der Waals surface area contributed by atoms with Gasteiger partial charge in [-0.3, -0.25) is 0 Å². The Balaban J connectivity index is 2.18. The lowest BCUT2D eigenvalue weighted by Gasteiger charge is -2.11. The lowest BCUT2D eigenvalue weighted by Crippen LogP contribution is -2.18. The number of aliphatic hydroxyl groups is 2. The number of nitrogens with two attached hydrogens (primary N) is 1. The standard InChI is InChI=1S/C11H15NO2/c12-11(5-6-11)9-3-1-8(2-4-9)10(14)7-13/h1-4,10,13-14H,5-7,12H2. The Morgan fingerprint density at radius 2 is 1.86 bits per heavy atom. The molecule has 3 nitrogen and oxygen atoms in total. The predicted molar refractivity (Wildman–Crippen MR) is 53.6 cm³/mol. The van der Waals surface area contributed by atoms with Gasteiger partial charge in [-0.25, -0.2) is 0 Å². The number of hydrogen-bond donors (Lipinski definition) is 3. The second-order valence-corrected chi connectivity index (χ2v) is 3.98. The highest BCUT2D eigenvalue weighted by Gasteiger charge is 2.39. The summed E-state index contributed by atoms with van der Waals surface area (Å²) in [4.78, 5) is 0. The van der Waals surface area contributed by atoms with Gasteiger partial charge in [-0.1, -0.05) is 24.3 Å². The van der Waals surface area contributed by atoms with Crippen LogP contribution in [0.5, 0.6) is 0 Å². The molecular formula is C11H15NO2. The fraction of sp³-hybridized carbons (Fsp3) is 0.455. The van der Waals surface area contributed by atoms with Gasteiger partial charge in [0.05, 0.1) is 6.61 Å². The van der Waals surface area contributed by atoms with Gasteiger partial charge in [0.1, 0.15) is 6.10 Å². The second-order valence-electron chi connectivity index (χ2n) is 3.98. The van der Waals surface area contributed by atoms with Gasteiger partial charge < -0.3 is 15.9 Å². The van der Waals surface area contributed by atoms with Crippen molar-refractivity contribution in [1.82, 2.24) is 0 Å². The van der Waals surface area contributed by atoms with E-state index in [1.54, 1.807) is 0 Å². The van der Waals surface area contributed by atoms with Gasteiger partial charge >= 0.3 is 0 Å². The maximum Gasteiger partial charge on any atom is 0.102 e. The zero-order valence-electron chi connectivity index (χ0n) is 7.98. The van der Waals surface area contributed by atoms with Crippen molar-refractivity contribution in [3.63, 3.8) is 0 Å². The van der Waals surface area contributed by atoms with Gasteiger partial charge in [-0.05, 0) is 24.0 Å². The molecule has 76 valence electrons. The highest BCUT2D eigenvalue weighted by Crippen LogP contribution is 2.42. The third-order valence-electron chi connectivity index (χ3n) is 2.83. The molecule has 1 aromatic rings. The molecule has 1 aliphatic carbocycles. The smallest absolute Gasteiger partial charge is 0.102 e. The largest absolute Gasteiger partial charge is 0.393 e. The van der Waals surface area contributed by atoms with Gasteiger partial charge in [0.15, 0.2) is 0 Å². The van der Waals surface area contributed by atoms with Crippen LogP contribution in [0.4, 0.5) is 0 Å². The Morgan fingerprint density at radius 3 is 2.29 bits per heavy atom. The molecule has 0 heterocycles. The summed E-state index contributed by atoms with van der Waals surface area (Å²) < 4.78 is 0. The topological polar surface area (TPSA) is 66.5 Å². The quantitative estimate of drug-likeness (QED) is 0.660. The first-order chi connectivity index (χ1) is 6.65. The summed E-state index contributed by atoms with van der Waals surface area (Å²) in [5, 5.41) is 18.1. The summed E-state index contributed by atoms with van der Waals surface area (Å²) in [7, 11) is 0. The van der Waals surface area contributed by atoms with Crippen LogP contribution in [0.3, 0.4) is 0 Å². The number of benzene rings is 1. The van der Waals surface area contributed by atoms with Crippen molar-refractivity contribution < 1.29 is 10.2 Å². The average Bonchev–Trinajstić information content (AvgIpc) is 2.97. The molecule has 0 amide bonds. The van der Waals surface area contributed by atoms with Crippen LogP contribution in [-0.2, 0) is 5.54 Å². The Morgan fingerprint density at radius 1 is 1.29 bits per heavy atom. The van der Waals surface area contributed by atoms with E-state index in [0.29, 0.717) is 0 Å². The molecule has 3 heteroatoms. The van der Waals surface area contributed by atoms with Crippen LogP contribution in [0.25, 0.3) is 0 Å². The molecule has 4 N–H and O–H groups in total. The van der Waals surface area contributed by atoms with Crippen molar-refractivity contribution in [3.8, 4) is 0 Å². The van der Waals surface area contributed by atoms with Crippen molar-refractivity contribution in [1.29, 1.82) is 0 Å². The van der Waals surface area contributed by atoms with Crippen LogP contribution >= 0.6 is 0 Å². The van der Waals surface area contributed by atoms with E-state index >= 15 is 0 Å². The van der Waals surface area contributed by atoms with Crippen LogP contribution in [0.1, 0.15) is 30.1 Å². The molecule has 1 aromatic carbocycles. The number of rotatable bonds is 3. The van der Waals surface area contributed by atoms with Crippen LogP contribution in [0, 0.1) is 0 Å². The summed E-state index contributed by atoms with van der Waals surface area (Å²) in [6.45, 7) is -0.243. The molecule has 1 saturated carbocycles. The van der Waals surface area contributed by atoms with Crippen LogP contribution in [-0.4, -0.2) is 16.8 Å². The summed E-state index contributed by atoms with van der Waals surface area (Å²) in [6.07, 6.45) is 1.29. The third kappa shape index (κ3) is 1.66. The van der Waals surface area contributed by atoms with Crippen LogP contribution < -0.4 is 5.73 Å². The van der Waals surface area contributed by atoms with Crippen molar-refractivity contribution in [2.45, 2.75) is 24.5 Å². The maximum atomic E-state index is 9.36. The predicted octanol–water partition coefficient (Wildman–Crippen LogP) is 0.660. The molecule has 0 aliphatic heterocycles. The van der Waals surface area contributed by atoms with Crippen molar-refractivity contribution in [3.05, 3.63) is 35.4 Å². The first kappa shape index (κ1) is 9.65. The molecule has 0 spiro atoms. The summed E-state index contributed by atoms with van der Waals surface area (Å²) in [5.41, 5.74) is 7.75. The molecule has 1 unspecified atom stereocenters. The minimum atomic E-state index is -0.781. The first-order valence-corrected chi connectivity index (χ1v) is 4.84. The molecule has 1 atom stereocenters. The van der Waals surface area contributed by atoms with E-state index in [2.05, 4.69) is 0 Å². The number of aliphatic hydroxyl groups excluding tert-OH is 2. The average molecular weight is 193 g/mol. The normalized spacial score (nSPS) is 20.5. The summed E-state index contributed by atoms with van der Waals surface area (Å²) in [6, 6.07) is 7.51. The zero-order chi connectivity index (χ0) is 10.2. The summed E-state index contributed by atoms with van der Waals surface area (Å²) >= 11 is 0. The van der Waals surface area contributed by atoms with E-state index in [-0.39, 0.29) is 12.1 Å². The molecule has 0 radical (unpaired) electrons. The Bertz CT molecular complexity index is 317. The minimum absolute atomic E-state index is 0.122. The van der Waals surface area contributed by atoms with Crippen LogP contribution in [0.15, 0.2) is 24.3 Å². The SMILES string of the molecule is NC1(c2ccc(C(O)CO)cc2)CC1. The fourth-order valence-electron chi connectivity index (χ4n) is 1.57. The van der Waals surface area contributed by atoms with E-state index in [1.165, 1.54) is 0 Å². The Kier molecular flexibility index (Phi) is 2.31. The first-order valence-electron chi connectivity index (χ1n) is 4.84. The van der Waals surface area contributed by atoms with Crippen LogP contribution in [0.2, 0.25) is 0 Å². The molecule has 1 fully saturated rings. The van der Waals surface area contributed by atoms with Crippen molar-refractivity contribution in [2.75, 3.05) is 6.61 Å². The monoisotopic (exact) mass is 193 g/mol. The van der Waals surface area contributed by atoms with E-state index in [0.717, 1.165) is 24.0 Å². The van der Waals surface area contributed by atoms with Gasteiger partial charge in [0.2, 0.25) is 0 Å². The maximum absolute atomic E-state index is 9.36. The van der Waals surface area contributed by atoms with Crippen molar-refractivity contribution >= 4 is 0 Å². The van der Waals surface area contributed by atoms with Gasteiger partial charge in [-0.2, -0.15) is 0 Å². The highest BCUT2D eigenvalue weighted by atomic mass is 16.3. The van der Waals surface area contributed by atoms with Gasteiger partial charge in [0, 0.05) is 5.54 Å². The Labute approximate surface area is 83.2 Å². The molecule has 14 heavy (non-hydrogen) atoms. The molecule has 2 rings (SSSR count). The number of hydrogen-bond acceptors (Lipinski definition) is 3. The molecule has 1 aliphatic rings. The van der Waals surface area contributed by atoms with E-state index in [9.17, 15) is 5.11 Å². The van der Waals surface area contributed by atoms with E-state index < -0.39 is 6.10 Å². The molecular weight excluding hydrogens is 178 g/mol. The fourth-order valence-corrected chi connectivity index (χ4v) is 1.57. The van der Waals surface area contributed by atoms with Gasteiger partial charge in [0.25, 0.3) is 0 Å². The minimum Gasteiger partial charge on any atom is -0.393 e. The van der Waals surface area contributed by atoms with Crippen molar-refractivity contribution in [2.24, 2.45) is 5.73 Å². The zero-order valence-corrected chi connectivity index (χ0v) is 7.98. The molecule has 0 bridgehead atoms. The van der Waals surface area contributed by atoms with E-state index in [4.69, 9.17) is 10.8 Å². The third-order valence-corrected chi connectivity index (χ3v) is 2.83.